The van der Waals surface area contributed by atoms with Crippen molar-refractivity contribution in [1.29, 1.82) is 0 Å². The highest BCUT2D eigenvalue weighted by atomic mass is 32.2. The second kappa shape index (κ2) is 7.38. The molecule has 0 aliphatic carbocycles. The lowest BCUT2D eigenvalue weighted by atomic mass is 10.1. The molecule has 1 saturated heterocycles. The number of aromatic nitrogens is 1. The second-order valence-electron chi connectivity index (χ2n) is 7.54. The van der Waals surface area contributed by atoms with E-state index < -0.39 is 26.0 Å². The van der Waals surface area contributed by atoms with Gasteiger partial charge in [0.25, 0.3) is 10.0 Å². The molecule has 1 aliphatic rings. The smallest absolute Gasteiger partial charge is 0.355 e. The molecule has 10 heteroatoms. The summed E-state index contributed by atoms with van der Waals surface area (Å²) in [6, 6.07) is 10.9. The number of carbonyl (C=O) groups is 1. The minimum absolute atomic E-state index is 0.0108. The van der Waals surface area contributed by atoms with Crippen LogP contribution in [0.4, 0.5) is 5.69 Å². The third-order valence-electron chi connectivity index (χ3n) is 5.40. The number of hydrogen-bond donors (Lipinski definition) is 0. The molecule has 0 atom stereocenters. The normalized spacial score (nSPS) is 16.0. The van der Waals surface area contributed by atoms with Gasteiger partial charge in [0.1, 0.15) is 5.69 Å². The highest BCUT2D eigenvalue weighted by molar-refractivity contribution is 7.93. The fourth-order valence-electron chi connectivity index (χ4n) is 3.83. The Hall–Kier alpha value is -2.85. The third kappa shape index (κ3) is 3.49. The number of benzene rings is 2. The Bertz CT molecular complexity index is 1400. The average Bonchev–Trinajstić information content (AvgIpc) is 3.26. The summed E-state index contributed by atoms with van der Waals surface area (Å²) in [4.78, 5) is 12.5. The van der Waals surface area contributed by atoms with Crippen LogP contribution in [-0.2, 0) is 24.8 Å². The van der Waals surface area contributed by atoms with E-state index >= 15 is 0 Å². The Morgan fingerprint density at radius 1 is 1.06 bits per heavy atom. The number of sulfonamides is 1. The Kier molecular flexibility index (Phi) is 5.09. The molecule has 2 heterocycles. The number of aryl methyl sites for hydroxylation is 2. The molecule has 0 amide bonds. The lowest BCUT2D eigenvalue weighted by Crippen LogP contribution is -2.26. The molecule has 1 fully saturated rings. The number of rotatable bonds is 4. The Balaban J connectivity index is 2.03. The number of carbonyl (C=O) groups excluding carboxylic acids is 1. The molecule has 0 spiro atoms. The summed E-state index contributed by atoms with van der Waals surface area (Å²) in [6.45, 7) is 3.92. The van der Waals surface area contributed by atoms with Gasteiger partial charge in [0.05, 0.1) is 29.0 Å². The van der Waals surface area contributed by atoms with Crippen molar-refractivity contribution in [2.45, 2.75) is 25.2 Å². The van der Waals surface area contributed by atoms with Crippen molar-refractivity contribution in [3.05, 3.63) is 59.3 Å². The first kappa shape index (κ1) is 21.4. The quantitative estimate of drug-likeness (QED) is 0.553. The minimum Gasteiger partial charge on any atom is -0.464 e. The highest BCUT2D eigenvalue weighted by Crippen LogP contribution is 2.34. The number of fused-ring (bicyclic) bond motifs is 1. The number of anilines is 1. The van der Waals surface area contributed by atoms with E-state index in [0.717, 1.165) is 9.54 Å². The van der Waals surface area contributed by atoms with Crippen molar-refractivity contribution >= 4 is 42.6 Å². The lowest BCUT2D eigenvalue weighted by Gasteiger charge is -2.20. The van der Waals surface area contributed by atoms with Crippen LogP contribution in [0.2, 0.25) is 0 Å². The van der Waals surface area contributed by atoms with E-state index in [4.69, 9.17) is 4.74 Å². The first-order valence-electron chi connectivity index (χ1n) is 9.63. The van der Waals surface area contributed by atoms with Gasteiger partial charge in [-0.05, 0) is 56.2 Å². The summed E-state index contributed by atoms with van der Waals surface area (Å²) >= 11 is 0. The number of esters is 1. The maximum Gasteiger partial charge on any atom is 0.355 e. The Morgan fingerprint density at radius 3 is 2.32 bits per heavy atom. The first-order chi connectivity index (χ1) is 14.6. The van der Waals surface area contributed by atoms with Crippen LogP contribution < -0.4 is 4.31 Å². The molecule has 0 bridgehead atoms. The molecular formula is C21H22N2O6S2. The van der Waals surface area contributed by atoms with Crippen molar-refractivity contribution < 1.29 is 26.4 Å². The summed E-state index contributed by atoms with van der Waals surface area (Å²) in [5, 5.41) is 0.494. The zero-order valence-electron chi connectivity index (χ0n) is 17.3. The molecule has 31 heavy (non-hydrogen) atoms. The van der Waals surface area contributed by atoms with Crippen LogP contribution in [0, 0.1) is 13.8 Å². The van der Waals surface area contributed by atoms with Gasteiger partial charge >= 0.3 is 5.97 Å². The molecule has 8 nitrogen and oxygen atoms in total. The second-order valence-corrected chi connectivity index (χ2v) is 11.3. The lowest BCUT2D eigenvalue weighted by molar-refractivity contribution is 0.0593. The van der Waals surface area contributed by atoms with Gasteiger partial charge in [-0.3, -0.25) is 4.31 Å². The number of hydrogen-bond acceptors (Lipinski definition) is 6. The van der Waals surface area contributed by atoms with E-state index in [-0.39, 0.29) is 21.9 Å². The van der Waals surface area contributed by atoms with E-state index in [1.54, 1.807) is 25.1 Å². The van der Waals surface area contributed by atoms with Gasteiger partial charge < -0.3 is 4.74 Å². The predicted octanol–water partition coefficient (Wildman–Crippen LogP) is 2.82. The van der Waals surface area contributed by atoms with Crippen molar-refractivity contribution in [2.75, 3.05) is 23.7 Å². The summed E-state index contributed by atoms with van der Waals surface area (Å²) in [5.74, 6) is -0.763. The molecule has 1 aromatic heterocycles. The molecule has 0 unspecified atom stereocenters. The molecule has 0 radical (unpaired) electrons. The van der Waals surface area contributed by atoms with E-state index in [9.17, 15) is 21.6 Å². The van der Waals surface area contributed by atoms with E-state index in [0.29, 0.717) is 29.6 Å². The fourth-order valence-corrected chi connectivity index (χ4v) is 6.95. The van der Waals surface area contributed by atoms with Crippen LogP contribution in [0.3, 0.4) is 0 Å². The topological polar surface area (TPSA) is 103 Å². The zero-order chi connectivity index (χ0) is 22.6. The van der Waals surface area contributed by atoms with Gasteiger partial charge in [-0.1, -0.05) is 17.7 Å². The molecule has 0 saturated carbocycles. The van der Waals surface area contributed by atoms with Crippen LogP contribution >= 0.6 is 0 Å². The standard InChI is InChI=1S/C21H22N2O6S2/c1-14-5-7-17(8-6-14)31(27,28)23-19-13-18(22-9-4-10-30(22,25)26)15(2)11-16(19)12-20(23)21(24)29-3/h5-8,11-13H,4,9-10H2,1-3H3. The maximum atomic E-state index is 13.5. The van der Waals surface area contributed by atoms with Crippen molar-refractivity contribution in [1.82, 2.24) is 3.97 Å². The van der Waals surface area contributed by atoms with Gasteiger partial charge in [-0.2, -0.15) is 0 Å². The van der Waals surface area contributed by atoms with Crippen LogP contribution in [0.25, 0.3) is 10.9 Å². The van der Waals surface area contributed by atoms with Crippen molar-refractivity contribution in [3.8, 4) is 0 Å². The van der Waals surface area contributed by atoms with Crippen molar-refractivity contribution in [3.63, 3.8) is 0 Å². The van der Waals surface area contributed by atoms with E-state index in [1.165, 1.54) is 35.7 Å². The zero-order valence-corrected chi connectivity index (χ0v) is 19.0. The van der Waals surface area contributed by atoms with E-state index in [1.807, 2.05) is 6.92 Å². The van der Waals surface area contributed by atoms with Crippen LogP contribution in [0.5, 0.6) is 0 Å². The maximum absolute atomic E-state index is 13.5. The van der Waals surface area contributed by atoms with Crippen LogP contribution in [0.1, 0.15) is 28.0 Å². The predicted molar refractivity (Wildman–Crippen MR) is 118 cm³/mol. The van der Waals surface area contributed by atoms with Gasteiger partial charge in [0.2, 0.25) is 10.0 Å². The molecule has 3 aromatic rings. The van der Waals surface area contributed by atoms with Gasteiger partial charge in [0.15, 0.2) is 0 Å². The van der Waals surface area contributed by atoms with Crippen LogP contribution in [0.15, 0.2) is 47.4 Å². The number of methoxy groups -OCH3 is 1. The third-order valence-corrected chi connectivity index (χ3v) is 8.99. The molecule has 164 valence electrons. The summed E-state index contributed by atoms with van der Waals surface area (Å²) in [5.41, 5.74) is 2.02. The minimum atomic E-state index is -4.16. The first-order valence-corrected chi connectivity index (χ1v) is 12.7. The highest BCUT2D eigenvalue weighted by Gasteiger charge is 2.32. The molecule has 4 rings (SSSR count). The van der Waals surface area contributed by atoms with Gasteiger partial charge in [-0.25, -0.2) is 25.6 Å². The monoisotopic (exact) mass is 462 g/mol. The molecule has 0 N–H and O–H groups in total. The molecule has 2 aromatic carbocycles. The fraction of sp³-hybridized carbons (Fsp3) is 0.286. The molecule has 1 aliphatic heterocycles. The Morgan fingerprint density at radius 2 is 1.74 bits per heavy atom. The van der Waals surface area contributed by atoms with E-state index in [2.05, 4.69) is 0 Å². The van der Waals surface area contributed by atoms with Gasteiger partial charge in [0, 0.05) is 11.9 Å². The van der Waals surface area contributed by atoms with Crippen molar-refractivity contribution in [2.24, 2.45) is 0 Å². The molecular weight excluding hydrogens is 440 g/mol. The average molecular weight is 463 g/mol. The largest absolute Gasteiger partial charge is 0.464 e. The number of nitrogens with zero attached hydrogens (tertiary/aromatic N) is 2. The number of ether oxygens (including phenoxy) is 1. The summed E-state index contributed by atoms with van der Waals surface area (Å²) in [6.07, 6.45) is 0.496. The summed E-state index contributed by atoms with van der Waals surface area (Å²) in [7, 11) is -6.45. The SMILES string of the molecule is COC(=O)c1cc2cc(C)c(N3CCCS3(=O)=O)cc2n1S(=O)(=O)c1ccc(C)cc1. The summed E-state index contributed by atoms with van der Waals surface area (Å²) < 4.78 is 59.1. The Labute approximate surface area is 181 Å². The van der Waals surface area contributed by atoms with Gasteiger partial charge in [-0.15, -0.1) is 0 Å². The van der Waals surface area contributed by atoms with Crippen LogP contribution in [-0.4, -0.2) is 46.2 Å².